The van der Waals surface area contributed by atoms with Crippen molar-refractivity contribution in [3.05, 3.63) is 55.6 Å². The smallest absolute Gasteiger partial charge is 0.106 e. The number of rotatable bonds is 3. The normalized spacial score (nSPS) is 10.3. The Kier molecular flexibility index (Phi) is 4.89. The van der Waals surface area contributed by atoms with Crippen LogP contribution in [-0.2, 0) is 0 Å². The molecule has 6 heteroatoms. The molecule has 2 aromatic rings. The molecule has 0 amide bonds. The molecule has 0 aromatic heterocycles. The van der Waals surface area contributed by atoms with E-state index in [1.54, 1.807) is 12.1 Å². The van der Waals surface area contributed by atoms with Crippen molar-refractivity contribution in [3.63, 3.8) is 0 Å². The Hall–Kier alpha value is -0.560. The Morgan fingerprint density at radius 2 is 1.79 bits per heavy atom. The molecule has 0 saturated heterocycles. The Balaban J connectivity index is 2.40. The van der Waals surface area contributed by atoms with E-state index < -0.39 is 0 Å². The third-order valence-corrected chi connectivity index (χ3v) is 3.89. The van der Waals surface area contributed by atoms with E-state index in [0.29, 0.717) is 15.6 Å². The van der Waals surface area contributed by atoms with Gasteiger partial charge in [0.15, 0.2) is 0 Å². The summed E-state index contributed by atoms with van der Waals surface area (Å²) in [6.45, 7) is 0. The number of hydrogen-bond acceptors (Lipinski definition) is 2. The predicted molar refractivity (Wildman–Crippen MR) is 94.8 cm³/mol. The minimum Gasteiger partial charge on any atom is -0.389 e. The molecule has 3 N–H and O–H groups in total. The molecule has 0 fully saturated rings. The van der Waals surface area contributed by atoms with Crippen molar-refractivity contribution in [2.24, 2.45) is 5.73 Å². The zero-order valence-electron chi connectivity index (χ0n) is 9.58. The van der Waals surface area contributed by atoms with Crippen molar-refractivity contribution in [2.45, 2.75) is 0 Å². The van der Waals surface area contributed by atoms with Gasteiger partial charge >= 0.3 is 0 Å². The van der Waals surface area contributed by atoms with Crippen LogP contribution < -0.4 is 11.1 Å². The third-order valence-electron chi connectivity index (χ3n) is 2.45. The van der Waals surface area contributed by atoms with Gasteiger partial charge in [-0.15, -0.1) is 0 Å². The molecule has 0 spiro atoms. The van der Waals surface area contributed by atoms with Crippen LogP contribution in [0.5, 0.6) is 0 Å². The van der Waals surface area contributed by atoms with Crippen LogP contribution in [0.25, 0.3) is 0 Å². The summed E-state index contributed by atoms with van der Waals surface area (Å²) in [7, 11) is 0. The van der Waals surface area contributed by atoms with Gasteiger partial charge in [-0.25, -0.2) is 0 Å². The molecule has 0 unspecified atom stereocenters. The maximum Gasteiger partial charge on any atom is 0.106 e. The van der Waals surface area contributed by atoms with Crippen LogP contribution in [0.4, 0.5) is 11.4 Å². The largest absolute Gasteiger partial charge is 0.389 e. The van der Waals surface area contributed by atoms with E-state index in [4.69, 9.17) is 41.2 Å². The standard InChI is InChI=1S/C13H9Cl2IN2S/c14-7-1-3-11(9(5-7)13(17)19)18-12-4-2-8(16)6-10(12)15/h1-6,18H,(H2,17,19). The Morgan fingerprint density at radius 1 is 1.11 bits per heavy atom. The van der Waals surface area contributed by atoms with E-state index in [1.165, 1.54) is 0 Å². The number of nitrogens with one attached hydrogen (secondary N) is 1. The molecule has 98 valence electrons. The number of nitrogens with two attached hydrogens (primary N) is 1. The fourth-order valence-corrected chi connectivity index (χ4v) is 2.81. The Labute approximate surface area is 140 Å². The molecule has 0 aliphatic carbocycles. The second kappa shape index (κ2) is 6.26. The van der Waals surface area contributed by atoms with Crippen molar-refractivity contribution in [2.75, 3.05) is 5.32 Å². The first-order valence-corrected chi connectivity index (χ1v) is 7.53. The number of benzene rings is 2. The van der Waals surface area contributed by atoms with Crippen molar-refractivity contribution >= 4 is 74.4 Å². The summed E-state index contributed by atoms with van der Waals surface area (Å²) in [4.78, 5) is 0.284. The van der Waals surface area contributed by atoms with Gasteiger partial charge in [0.05, 0.1) is 10.7 Å². The van der Waals surface area contributed by atoms with E-state index in [-0.39, 0.29) is 4.99 Å². The molecular weight excluding hydrogens is 414 g/mol. The van der Waals surface area contributed by atoms with E-state index in [0.717, 1.165) is 14.9 Å². The number of anilines is 2. The molecular formula is C13H9Cl2IN2S. The third kappa shape index (κ3) is 3.72. The van der Waals surface area contributed by atoms with Gasteiger partial charge in [-0.3, -0.25) is 0 Å². The quantitative estimate of drug-likeness (QED) is 0.541. The molecule has 19 heavy (non-hydrogen) atoms. The maximum absolute atomic E-state index is 6.19. The van der Waals surface area contributed by atoms with E-state index in [2.05, 4.69) is 27.9 Å². The minimum absolute atomic E-state index is 0.284. The van der Waals surface area contributed by atoms with Crippen molar-refractivity contribution in [1.29, 1.82) is 0 Å². The summed E-state index contributed by atoms with van der Waals surface area (Å²) in [6, 6.07) is 11.1. The summed E-state index contributed by atoms with van der Waals surface area (Å²) >= 11 is 19.4. The summed E-state index contributed by atoms with van der Waals surface area (Å²) in [5.41, 5.74) is 7.96. The van der Waals surface area contributed by atoms with Crippen LogP contribution in [0.2, 0.25) is 10.0 Å². The molecule has 0 aliphatic rings. The molecule has 0 saturated carbocycles. The first kappa shape index (κ1) is 14.8. The molecule has 2 aromatic carbocycles. The Morgan fingerprint density at radius 3 is 2.42 bits per heavy atom. The van der Waals surface area contributed by atoms with Gasteiger partial charge in [-0.1, -0.05) is 35.4 Å². The summed E-state index contributed by atoms with van der Waals surface area (Å²) in [6.07, 6.45) is 0. The van der Waals surface area contributed by atoms with Crippen molar-refractivity contribution in [3.8, 4) is 0 Å². The van der Waals surface area contributed by atoms with Gasteiger partial charge < -0.3 is 11.1 Å². The zero-order chi connectivity index (χ0) is 14.0. The average Bonchev–Trinajstić information content (AvgIpc) is 2.34. The molecule has 2 nitrogen and oxygen atoms in total. The van der Waals surface area contributed by atoms with Crippen molar-refractivity contribution < 1.29 is 0 Å². The molecule has 0 bridgehead atoms. The summed E-state index contributed by atoms with van der Waals surface area (Å²) in [5.74, 6) is 0. The van der Waals surface area contributed by atoms with Crippen LogP contribution in [0.1, 0.15) is 5.56 Å². The fourth-order valence-electron chi connectivity index (χ4n) is 1.57. The van der Waals surface area contributed by atoms with E-state index in [1.807, 2.05) is 24.3 Å². The van der Waals surface area contributed by atoms with Gasteiger partial charge in [0.25, 0.3) is 0 Å². The van der Waals surface area contributed by atoms with Crippen LogP contribution >= 0.6 is 58.0 Å². The Bertz CT molecular complexity index is 647. The van der Waals surface area contributed by atoms with Crippen LogP contribution in [-0.4, -0.2) is 4.99 Å². The topological polar surface area (TPSA) is 38.0 Å². The zero-order valence-corrected chi connectivity index (χ0v) is 14.1. The van der Waals surface area contributed by atoms with E-state index in [9.17, 15) is 0 Å². The molecule has 2 rings (SSSR count). The van der Waals surface area contributed by atoms with Crippen molar-refractivity contribution in [1.82, 2.24) is 0 Å². The minimum atomic E-state index is 0.284. The highest BCUT2D eigenvalue weighted by molar-refractivity contribution is 14.1. The highest BCUT2D eigenvalue weighted by atomic mass is 127. The fraction of sp³-hybridized carbons (Fsp3) is 0. The average molecular weight is 423 g/mol. The SMILES string of the molecule is NC(=S)c1cc(Cl)ccc1Nc1ccc(I)cc1Cl. The van der Waals surface area contributed by atoms with Gasteiger partial charge in [0, 0.05) is 19.8 Å². The van der Waals surface area contributed by atoms with Gasteiger partial charge in [0.1, 0.15) is 4.99 Å². The summed E-state index contributed by atoms with van der Waals surface area (Å²) in [5, 5.41) is 4.44. The molecule has 0 radical (unpaired) electrons. The van der Waals surface area contributed by atoms with E-state index >= 15 is 0 Å². The highest BCUT2D eigenvalue weighted by Crippen LogP contribution is 2.29. The lowest BCUT2D eigenvalue weighted by Crippen LogP contribution is -2.12. The number of thiocarbonyl (C=S) groups is 1. The van der Waals surface area contributed by atoms with Crippen LogP contribution in [0, 0.1) is 3.57 Å². The first-order chi connectivity index (χ1) is 8.97. The molecule has 0 atom stereocenters. The first-order valence-electron chi connectivity index (χ1n) is 5.29. The lowest BCUT2D eigenvalue weighted by Gasteiger charge is -2.13. The van der Waals surface area contributed by atoms with Crippen LogP contribution in [0.15, 0.2) is 36.4 Å². The lowest BCUT2D eigenvalue weighted by molar-refractivity contribution is 1.51. The maximum atomic E-state index is 6.19. The second-order valence-corrected chi connectivity index (χ2v) is 6.33. The second-order valence-electron chi connectivity index (χ2n) is 3.80. The number of hydrogen-bond donors (Lipinski definition) is 2. The number of halogens is 3. The van der Waals surface area contributed by atoms with Gasteiger partial charge in [0.2, 0.25) is 0 Å². The summed E-state index contributed by atoms with van der Waals surface area (Å²) < 4.78 is 1.07. The lowest BCUT2D eigenvalue weighted by atomic mass is 10.1. The van der Waals surface area contributed by atoms with Gasteiger partial charge in [-0.2, -0.15) is 0 Å². The van der Waals surface area contributed by atoms with Gasteiger partial charge in [-0.05, 0) is 59.0 Å². The molecule has 0 aliphatic heterocycles. The van der Waals surface area contributed by atoms with Crippen LogP contribution in [0.3, 0.4) is 0 Å². The highest BCUT2D eigenvalue weighted by Gasteiger charge is 2.08. The monoisotopic (exact) mass is 422 g/mol. The predicted octanol–water partition coefficient (Wildman–Crippen LogP) is 4.98. The molecule has 0 heterocycles.